The highest BCUT2D eigenvalue weighted by molar-refractivity contribution is 5.92. The second kappa shape index (κ2) is 3.75. The Labute approximate surface area is 71.5 Å². The maximum atomic E-state index is 4.01. The molecule has 0 fully saturated rings. The lowest BCUT2D eigenvalue weighted by Crippen LogP contribution is -2.26. The molecule has 0 spiro atoms. The van der Waals surface area contributed by atoms with Gasteiger partial charge in [0.25, 0.3) is 0 Å². The average molecular weight is 167 g/mol. The van der Waals surface area contributed by atoms with Gasteiger partial charge in [-0.2, -0.15) is 5.10 Å². The van der Waals surface area contributed by atoms with Crippen LogP contribution in [0.3, 0.4) is 0 Å². The van der Waals surface area contributed by atoms with Crippen molar-refractivity contribution in [3.05, 3.63) is 12.4 Å². The van der Waals surface area contributed by atoms with Gasteiger partial charge in [0.15, 0.2) is 5.96 Å². The summed E-state index contributed by atoms with van der Waals surface area (Å²) in [7, 11) is 5.40. The highest BCUT2D eigenvalue weighted by Gasteiger charge is 1.96. The standard InChI is InChI=1S/C7H13N5/c1-8-7(9-2)11-6-4-10-12(3)5-6/h4-5H,1-3H3,(H2,8,9,11). The van der Waals surface area contributed by atoms with Crippen LogP contribution in [0.25, 0.3) is 0 Å². The topological polar surface area (TPSA) is 54.2 Å². The minimum atomic E-state index is 0.725. The lowest BCUT2D eigenvalue weighted by Gasteiger charge is -2.04. The van der Waals surface area contributed by atoms with Crippen molar-refractivity contribution in [3.63, 3.8) is 0 Å². The fourth-order valence-electron chi connectivity index (χ4n) is 0.853. The van der Waals surface area contributed by atoms with E-state index < -0.39 is 0 Å². The number of hydrogen-bond acceptors (Lipinski definition) is 2. The molecule has 0 amide bonds. The molecule has 0 bridgehead atoms. The summed E-state index contributed by atoms with van der Waals surface area (Å²) in [5.74, 6) is 0.725. The number of nitrogens with zero attached hydrogens (tertiary/aromatic N) is 3. The summed E-state index contributed by atoms with van der Waals surface area (Å²) >= 11 is 0. The Morgan fingerprint density at radius 1 is 1.67 bits per heavy atom. The highest BCUT2D eigenvalue weighted by atomic mass is 15.3. The van der Waals surface area contributed by atoms with Crippen LogP contribution in [0.15, 0.2) is 17.4 Å². The van der Waals surface area contributed by atoms with Gasteiger partial charge in [0.1, 0.15) is 0 Å². The maximum Gasteiger partial charge on any atom is 0.195 e. The summed E-state index contributed by atoms with van der Waals surface area (Å²) in [6.45, 7) is 0. The number of aryl methyl sites for hydroxylation is 1. The molecule has 5 heteroatoms. The predicted octanol–water partition coefficient (Wildman–Crippen LogP) is 0.0372. The number of anilines is 1. The zero-order valence-corrected chi connectivity index (χ0v) is 7.50. The summed E-state index contributed by atoms with van der Waals surface area (Å²) in [5, 5.41) is 9.98. The van der Waals surface area contributed by atoms with Crippen LogP contribution in [0.5, 0.6) is 0 Å². The summed E-state index contributed by atoms with van der Waals surface area (Å²) < 4.78 is 1.73. The molecule has 0 saturated carbocycles. The first-order valence-electron chi connectivity index (χ1n) is 3.66. The normalized spacial score (nSPS) is 11.4. The smallest absolute Gasteiger partial charge is 0.195 e. The first-order valence-corrected chi connectivity index (χ1v) is 3.66. The SMILES string of the molecule is C/N=C(\NC)Nc1cnn(C)c1. The summed E-state index contributed by atoms with van der Waals surface area (Å²) in [4.78, 5) is 3.97. The number of nitrogens with one attached hydrogen (secondary N) is 2. The molecule has 0 unspecified atom stereocenters. The Morgan fingerprint density at radius 2 is 2.42 bits per heavy atom. The molecule has 0 saturated heterocycles. The van der Waals surface area contributed by atoms with Crippen LogP contribution in [0.1, 0.15) is 0 Å². The van der Waals surface area contributed by atoms with E-state index in [4.69, 9.17) is 0 Å². The van der Waals surface area contributed by atoms with E-state index in [0.29, 0.717) is 0 Å². The van der Waals surface area contributed by atoms with Gasteiger partial charge in [-0.1, -0.05) is 0 Å². The van der Waals surface area contributed by atoms with Gasteiger partial charge in [-0.3, -0.25) is 9.67 Å². The molecule has 0 aromatic carbocycles. The first kappa shape index (κ1) is 8.58. The Morgan fingerprint density at radius 3 is 2.83 bits per heavy atom. The maximum absolute atomic E-state index is 4.01. The van der Waals surface area contributed by atoms with Gasteiger partial charge in [0.05, 0.1) is 11.9 Å². The molecule has 12 heavy (non-hydrogen) atoms. The van der Waals surface area contributed by atoms with Gasteiger partial charge in [0, 0.05) is 27.3 Å². The molecule has 1 rings (SSSR count). The number of hydrogen-bond donors (Lipinski definition) is 2. The van der Waals surface area contributed by atoms with Gasteiger partial charge in [0.2, 0.25) is 0 Å². The Hall–Kier alpha value is -1.52. The molecule has 1 heterocycles. The Bertz CT molecular complexity index is 275. The zero-order valence-electron chi connectivity index (χ0n) is 7.50. The van der Waals surface area contributed by atoms with Crippen molar-refractivity contribution in [1.82, 2.24) is 15.1 Å². The fourth-order valence-corrected chi connectivity index (χ4v) is 0.853. The van der Waals surface area contributed by atoms with Crippen LogP contribution in [-0.4, -0.2) is 29.8 Å². The van der Waals surface area contributed by atoms with E-state index in [1.165, 1.54) is 0 Å². The van der Waals surface area contributed by atoms with E-state index in [1.807, 2.05) is 20.3 Å². The number of guanidine groups is 1. The van der Waals surface area contributed by atoms with Crippen LogP contribution in [0.2, 0.25) is 0 Å². The first-order chi connectivity index (χ1) is 5.76. The van der Waals surface area contributed by atoms with Crippen LogP contribution < -0.4 is 10.6 Å². The van der Waals surface area contributed by atoms with Gasteiger partial charge in [-0.15, -0.1) is 0 Å². The second-order valence-corrected chi connectivity index (χ2v) is 2.35. The fraction of sp³-hybridized carbons (Fsp3) is 0.429. The summed E-state index contributed by atoms with van der Waals surface area (Å²) in [5.41, 5.74) is 0.924. The molecule has 1 aromatic heterocycles. The molecule has 66 valence electrons. The van der Waals surface area contributed by atoms with Crippen molar-refractivity contribution < 1.29 is 0 Å². The number of aromatic nitrogens is 2. The molecule has 0 aliphatic carbocycles. The molecule has 1 aromatic rings. The zero-order chi connectivity index (χ0) is 8.97. The highest BCUT2D eigenvalue weighted by Crippen LogP contribution is 2.01. The van der Waals surface area contributed by atoms with Gasteiger partial charge in [-0.05, 0) is 0 Å². The number of aliphatic imine (C=N–C) groups is 1. The second-order valence-electron chi connectivity index (χ2n) is 2.35. The molecule has 5 nitrogen and oxygen atoms in total. The van der Waals surface area contributed by atoms with E-state index in [1.54, 1.807) is 17.9 Å². The molecular formula is C7H13N5. The van der Waals surface area contributed by atoms with Crippen molar-refractivity contribution in [2.45, 2.75) is 0 Å². The van der Waals surface area contributed by atoms with Gasteiger partial charge >= 0.3 is 0 Å². The third kappa shape index (κ3) is 1.98. The van der Waals surface area contributed by atoms with E-state index in [0.717, 1.165) is 11.6 Å². The van der Waals surface area contributed by atoms with E-state index in [2.05, 4.69) is 20.7 Å². The van der Waals surface area contributed by atoms with Crippen LogP contribution >= 0.6 is 0 Å². The van der Waals surface area contributed by atoms with E-state index in [9.17, 15) is 0 Å². The third-order valence-electron chi connectivity index (χ3n) is 1.43. The molecular weight excluding hydrogens is 154 g/mol. The summed E-state index contributed by atoms with van der Waals surface area (Å²) in [6, 6.07) is 0. The van der Waals surface area contributed by atoms with E-state index in [-0.39, 0.29) is 0 Å². The van der Waals surface area contributed by atoms with Crippen LogP contribution in [0.4, 0.5) is 5.69 Å². The van der Waals surface area contributed by atoms with Crippen molar-refractivity contribution >= 4 is 11.6 Å². The van der Waals surface area contributed by atoms with Crippen molar-refractivity contribution in [3.8, 4) is 0 Å². The Balaban J connectivity index is 2.63. The Kier molecular flexibility index (Phi) is 2.68. The molecule has 0 atom stereocenters. The van der Waals surface area contributed by atoms with Crippen LogP contribution in [0, 0.1) is 0 Å². The molecule has 0 radical (unpaired) electrons. The van der Waals surface area contributed by atoms with Crippen molar-refractivity contribution in [2.75, 3.05) is 19.4 Å². The van der Waals surface area contributed by atoms with Crippen molar-refractivity contribution in [1.29, 1.82) is 0 Å². The third-order valence-corrected chi connectivity index (χ3v) is 1.43. The molecule has 2 N–H and O–H groups in total. The van der Waals surface area contributed by atoms with Gasteiger partial charge < -0.3 is 10.6 Å². The largest absolute Gasteiger partial charge is 0.359 e. The minimum Gasteiger partial charge on any atom is -0.359 e. The quantitative estimate of drug-likeness (QED) is 0.458. The summed E-state index contributed by atoms with van der Waals surface area (Å²) in [6.07, 6.45) is 3.62. The monoisotopic (exact) mass is 167 g/mol. The number of rotatable bonds is 1. The van der Waals surface area contributed by atoms with Crippen LogP contribution in [-0.2, 0) is 7.05 Å². The lowest BCUT2D eigenvalue weighted by molar-refractivity contribution is 0.768. The lowest BCUT2D eigenvalue weighted by atomic mass is 10.6. The predicted molar refractivity (Wildman–Crippen MR) is 49.2 cm³/mol. The van der Waals surface area contributed by atoms with Crippen molar-refractivity contribution in [2.24, 2.45) is 12.0 Å². The van der Waals surface area contributed by atoms with Gasteiger partial charge in [-0.25, -0.2) is 0 Å². The van der Waals surface area contributed by atoms with E-state index >= 15 is 0 Å². The average Bonchev–Trinajstić information content (AvgIpc) is 2.47. The molecule has 0 aliphatic rings. The molecule has 0 aliphatic heterocycles. The minimum absolute atomic E-state index is 0.725.